The molecule has 0 bridgehead atoms. The molecule has 4 aromatic rings. The fraction of sp³-hybridized carbons (Fsp3) is 0.333. The molecule has 0 aliphatic rings. The molecule has 0 radical (unpaired) electrons. The van der Waals surface area contributed by atoms with Crippen LogP contribution in [0.15, 0.2) is 48.8 Å². The molecule has 1 atom stereocenters. The van der Waals surface area contributed by atoms with Gasteiger partial charge in [-0.1, -0.05) is 6.07 Å². The van der Waals surface area contributed by atoms with Crippen molar-refractivity contribution in [2.45, 2.75) is 53.2 Å². The first kappa shape index (κ1) is 24.2. The molecule has 3 heterocycles. The van der Waals surface area contributed by atoms with Gasteiger partial charge >= 0.3 is 0 Å². The Hall–Kier alpha value is -3.94. The van der Waals surface area contributed by atoms with Gasteiger partial charge in [0.1, 0.15) is 6.61 Å². The van der Waals surface area contributed by atoms with Gasteiger partial charge < -0.3 is 14.8 Å². The second-order valence-corrected chi connectivity index (χ2v) is 8.66. The Labute approximate surface area is 205 Å². The Balaban J connectivity index is 1.38. The number of methoxy groups -OCH3 is 1. The number of pyridine rings is 1. The van der Waals surface area contributed by atoms with Crippen LogP contribution in [0.25, 0.3) is 5.65 Å². The van der Waals surface area contributed by atoms with E-state index >= 15 is 0 Å². The van der Waals surface area contributed by atoms with Crippen LogP contribution in [-0.4, -0.2) is 32.6 Å². The number of aromatic nitrogens is 4. The molecule has 3 aromatic heterocycles. The highest BCUT2D eigenvalue weighted by Gasteiger charge is 2.16. The quantitative estimate of drug-likeness (QED) is 0.386. The van der Waals surface area contributed by atoms with E-state index in [0.717, 1.165) is 39.4 Å². The summed E-state index contributed by atoms with van der Waals surface area (Å²) in [4.78, 5) is 21.4. The average Bonchev–Trinajstić information content (AvgIpc) is 3.23. The van der Waals surface area contributed by atoms with Gasteiger partial charge in [-0.3, -0.25) is 9.78 Å². The fourth-order valence-corrected chi connectivity index (χ4v) is 4.15. The van der Waals surface area contributed by atoms with Gasteiger partial charge in [-0.2, -0.15) is 5.10 Å². The van der Waals surface area contributed by atoms with Crippen LogP contribution in [0.4, 0.5) is 0 Å². The van der Waals surface area contributed by atoms with Gasteiger partial charge in [0.15, 0.2) is 17.1 Å². The van der Waals surface area contributed by atoms with Gasteiger partial charge in [0.2, 0.25) is 5.91 Å². The molecule has 0 aliphatic heterocycles. The zero-order valence-electron chi connectivity index (χ0n) is 20.8. The summed E-state index contributed by atoms with van der Waals surface area (Å²) < 4.78 is 13.3. The summed E-state index contributed by atoms with van der Waals surface area (Å²) in [5.74, 6) is 1.25. The number of carbonyl (C=O) groups is 1. The number of aryl methyl sites for hydroxylation is 3. The van der Waals surface area contributed by atoms with Gasteiger partial charge in [-0.05, 0) is 75.1 Å². The summed E-state index contributed by atoms with van der Waals surface area (Å²) >= 11 is 0. The van der Waals surface area contributed by atoms with E-state index in [4.69, 9.17) is 9.47 Å². The normalized spacial score (nSPS) is 11.9. The van der Waals surface area contributed by atoms with E-state index in [9.17, 15) is 4.79 Å². The molecular formula is C27H31N5O3. The molecule has 1 N–H and O–H groups in total. The number of carbonyl (C=O) groups excluding carboxylic acids is 1. The lowest BCUT2D eigenvalue weighted by molar-refractivity contribution is -0.121. The van der Waals surface area contributed by atoms with E-state index in [0.29, 0.717) is 30.9 Å². The smallest absolute Gasteiger partial charge is 0.220 e. The number of benzene rings is 1. The third-order valence-corrected chi connectivity index (χ3v) is 6.10. The van der Waals surface area contributed by atoms with Crippen LogP contribution >= 0.6 is 0 Å². The van der Waals surface area contributed by atoms with Crippen LogP contribution in [0, 0.1) is 20.8 Å². The highest BCUT2D eigenvalue weighted by molar-refractivity contribution is 5.76. The number of hydrogen-bond acceptors (Lipinski definition) is 6. The first-order valence-electron chi connectivity index (χ1n) is 11.7. The largest absolute Gasteiger partial charge is 0.493 e. The maximum absolute atomic E-state index is 12.8. The predicted molar refractivity (Wildman–Crippen MR) is 134 cm³/mol. The minimum Gasteiger partial charge on any atom is -0.493 e. The highest BCUT2D eigenvalue weighted by atomic mass is 16.5. The second kappa shape index (κ2) is 10.5. The molecule has 4 rings (SSSR count). The molecule has 8 nitrogen and oxygen atoms in total. The number of ether oxygens (including phenoxy) is 2. The molecule has 8 heteroatoms. The van der Waals surface area contributed by atoms with Crippen molar-refractivity contribution in [2.24, 2.45) is 0 Å². The number of nitrogens with one attached hydrogen (secondary N) is 1. The van der Waals surface area contributed by atoms with E-state index in [-0.39, 0.29) is 11.9 Å². The molecule has 1 aromatic carbocycles. The van der Waals surface area contributed by atoms with Crippen molar-refractivity contribution in [1.29, 1.82) is 0 Å². The van der Waals surface area contributed by atoms with Crippen LogP contribution in [0.1, 0.15) is 53.2 Å². The predicted octanol–water partition coefficient (Wildman–Crippen LogP) is 4.45. The van der Waals surface area contributed by atoms with E-state index in [1.54, 1.807) is 19.5 Å². The van der Waals surface area contributed by atoms with Crippen molar-refractivity contribution in [3.63, 3.8) is 0 Å². The Morgan fingerprint density at radius 1 is 1.09 bits per heavy atom. The van der Waals surface area contributed by atoms with E-state index in [1.165, 1.54) is 0 Å². The van der Waals surface area contributed by atoms with Crippen molar-refractivity contribution in [1.82, 2.24) is 24.9 Å². The molecule has 35 heavy (non-hydrogen) atoms. The Bertz CT molecular complexity index is 1330. The lowest BCUT2D eigenvalue weighted by Crippen LogP contribution is -2.27. The zero-order valence-corrected chi connectivity index (χ0v) is 20.8. The Kier molecular flexibility index (Phi) is 7.29. The Morgan fingerprint density at radius 2 is 1.86 bits per heavy atom. The standard InChI is InChI=1S/C27H31N5O3/c1-17-14-26-29-19(3)23(20(4)32(26)31-17)7-9-27(33)30-18(2)22-6-8-24(25(15-22)34-5)35-16-21-10-12-28-13-11-21/h6,8,10-15,18H,7,9,16H2,1-5H3,(H,30,33). The summed E-state index contributed by atoms with van der Waals surface area (Å²) in [5, 5.41) is 7.60. The van der Waals surface area contributed by atoms with Gasteiger partial charge in [0.25, 0.3) is 0 Å². The van der Waals surface area contributed by atoms with E-state index < -0.39 is 0 Å². The number of fused-ring (bicyclic) bond motifs is 1. The van der Waals surface area contributed by atoms with Gasteiger partial charge in [-0.25, -0.2) is 9.50 Å². The third kappa shape index (κ3) is 5.59. The first-order valence-corrected chi connectivity index (χ1v) is 11.7. The number of amides is 1. The summed E-state index contributed by atoms with van der Waals surface area (Å²) in [6, 6.07) is 11.3. The minimum absolute atomic E-state index is 0.0231. The number of hydrogen-bond donors (Lipinski definition) is 1. The highest BCUT2D eigenvalue weighted by Crippen LogP contribution is 2.31. The van der Waals surface area contributed by atoms with Crippen LogP contribution in [0.5, 0.6) is 11.5 Å². The molecule has 182 valence electrons. The van der Waals surface area contributed by atoms with Crippen LogP contribution in [0.2, 0.25) is 0 Å². The van der Waals surface area contributed by atoms with Gasteiger partial charge in [0, 0.05) is 36.3 Å². The zero-order chi connectivity index (χ0) is 24.9. The van der Waals surface area contributed by atoms with Crippen molar-refractivity contribution in [2.75, 3.05) is 7.11 Å². The van der Waals surface area contributed by atoms with Crippen LogP contribution in [-0.2, 0) is 17.8 Å². The van der Waals surface area contributed by atoms with Crippen molar-refractivity contribution in [3.8, 4) is 11.5 Å². The maximum Gasteiger partial charge on any atom is 0.220 e. The topological polar surface area (TPSA) is 90.6 Å². The molecule has 1 amide bonds. The first-order chi connectivity index (χ1) is 16.9. The van der Waals surface area contributed by atoms with Crippen LogP contribution in [0.3, 0.4) is 0 Å². The number of nitrogens with zero attached hydrogens (tertiary/aromatic N) is 4. The summed E-state index contributed by atoms with van der Waals surface area (Å²) in [6.45, 7) is 8.33. The van der Waals surface area contributed by atoms with Gasteiger partial charge in [0.05, 0.1) is 18.8 Å². The molecular weight excluding hydrogens is 442 g/mol. The molecule has 0 saturated heterocycles. The summed E-state index contributed by atoms with van der Waals surface area (Å²) in [6.07, 6.45) is 4.44. The number of rotatable bonds is 9. The second-order valence-electron chi connectivity index (χ2n) is 8.66. The van der Waals surface area contributed by atoms with Crippen molar-refractivity contribution >= 4 is 11.6 Å². The SMILES string of the molecule is COc1cc(C(C)NC(=O)CCc2c(C)nc3cc(C)nn3c2C)ccc1OCc1ccncc1. The van der Waals surface area contributed by atoms with E-state index in [1.807, 2.05) is 68.6 Å². The molecule has 0 spiro atoms. The molecule has 1 unspecified atom stereocenters. The summed E-state index contributed by atoms with van der Waals surface area (Å²) in [7, 11) is 1.61. The molecule has 0 saturated carbocycles. The van der Waals surface area contributed by atoms with E-state index in [2.05, 4.69) is 20.4 Å². The monoisotopic (exact) mass is 473 g/mol. The Morgan fingerprint density at radius 3 is 2.60 bits per heavy atom. The van der Waals surface area contributed by atoms with Crippen molar-refractivity contribution < 1.29 is 14.3 Å². The van der Waals surface area contributed by atoms with Crippen LogP contribution < -0.4 is 14.8 Å². The third-order valence-electron chi connectivity index (χ3n) is 6.10. The average molecular weight is 474 g/mol. The molecule has 0 aliphatic carbocycles. The fourth-order valence-electron chi connectivity index (χ4n) is 4.15. The molecule has 0 fully saturated rings. The lowest BCUT2D eigenvalue weighted by atomic mass is 10.0. The van der Waals surface area contributed by atoms with Crippen molar-refractivity contribution in [3.05, 3.63) is 82.6 Å². The minimum atomic E-state index is -0.179. The lowest BCUT2D eigenvalue weighted by Gasteiger charge is -2.18. The summed E-state index contributed by atoms with van der Waals surface area (Å²) in [5.41, 5.74) is 6.73. The maximum atomic E-state index is 12.8. The van der Waals surface area contributed by atoms with Gasteiger partial charge in [-0.15, -0.1) is 0 Å².